The minimum Gasteiger partial charge on any atom is -0.416 e. The van der Waals surface area contributed by atoms with E-state index in [0.29, 0.717) is 23.2 Å². The molecule has 1 heterocycles. The Morgan fingerprint density at radius 1 is 1.45 bits per heavy atom. The van der Waals surface area contributed by atoms with Crippen LogP contribution in [0.25, 0.3) is 0 Å². The van der Waals surface area contributed by atoms with Gasteiger partial charge in [0.15, 0.2) is 0 Å². The van der Waals surface area contributed by atoms with Crippen molar-refractivity contribution in [3.05, 3.63) is 40.3 Å². The van der Waals surface area contributed by atoms with Gasteiger partial charge in [-0.15, -0.1) is 10.2 Å². The van der Waals surface area contributed by atoms with E-state index in [-0.39, 0.29) is 17.3 Å². The van der Waals surface area contributed by atoms with Crippen molar-refractivity contribution in [1.82, 2.24) is 10.2 Å². The van der Waals surface area contributed by atoms with Gasteiger partial charge in [0.1, 0.15) is 0 Å². The molecule has 1 aromatic heterocycles. The van der Waals surface area contributed by atoms with Crippen LogP contribution in [0.3, 0.4) is 0 Å². The molecule has 0 saturated carbocycles. The van der Waals surface area contributed by atoms with Crippen LogP contribution in [0, 0.1) is 10.1 Å². The molecule has 0 aliphatic rings. The number of non-ortho nitro benzene ring substituents is 1. The second-order valence-electron chi connectivity index (χ2n) is 4.36. The lowest BCUT2D eigenvalue weighted by atomic mass is 10.3. The lowest BCUT2D eigenvalue weighted by Crippen LogP contribution is -2.14. The van der Waals surface area contributed by atoms with Crippen LogP contribution in [0.4, 0.5) is 11.4 Å². The van der Waals surface area contributed by atoms with Crippen molar-refractivity contribution in [2.24, 2.45) is 0 Å². The molecule has 0 saturated heterocycles. The third-order valence-corrected chi connectivity index (χ3v) is 3.40. The van der Waals surface area contributed by atoms with E-state index >= 15 is 0 Å². The van der Waals surface area contributed by atoms with Gasteiger partial charge in [-0.2, -0.15) is 0 Å². The Hall–Kier alpha value is -2.42. The summed E-state index contributed by atoms with van der Waals surface area (Å²) < 4.78 is 5.35. The zero-order chi connectivity index (χ0) is 15.9. The molecule has 0 atom stereocenters. The fourth-order valence-corrected chi connectivity index (χ4v) is 2.21. The molecule has 0 unspecified atom stereocenters. The molecule has 0 radical (unpaired) electrons. The largest absolute Gasteiger partial charge is 0.416 e. The monoisotopic (exact) mass is 322 g/mol. The first-order valence-electron chi connectivity index (χ1n) is 6.58. The van der Waals surface area contributed by atoms with Gasteiger partial charge in [-0.05, 0) is 12.5 Å². The maximum Gasteiger partial charge on any atom is 0.277 e. The predicted octanol–water partition coefficient (Wildman–Crippen LogP) is 2.66. The zero-order valence-corrected chi connectivity index (χ0v) is 12.6. The number of nitro groups is 1. The maximum atomic E-state index is 11.8. The molecule has 22 heavy (non-hydrogen) atoms. The third-order valence-electron chi connectivity index (χ3n) is 2.58. The highest BCUT2D eigenvalue weighted by molar-refractivity contribution is 7.99. The van der Waals surface area contributed by atoms with Crippen molar-refractivity contribution < 1.29 is 14.1 Å². The Balaban J connectivity index is 1.87. The van der Waals surface area contributed by atoms with Crippen LogP contribution >= 0.6 is 11.8 Å². The quantitative estimate of drug-likeness (QED) is 0.474. The molecule has 1 aromatic carbocycles. The number of nitro benzene ring substituents is 1. The van der Waals surface area contributed by atoms with Crippen LogP contribution in [0.1, 0.15) is 19.2 Å². The molecule has 2 aromatic rings. The summed E-state index contributed by atoms with van der Waals surface area (Å²) in [6.07, 6.45) is 1.60. The molecule has 1 amide bonds. The number of hydrogen-bond donors (Lipinski definition) is 1. The van der Waals surface area contributed by atoms with E-state index in [4.69, 9.17) is 4.42 Å². The molecule has 0 bridgehead atoms. The highest BCUT2D eigenvalue weighted by Gasteiger charge is 2.11. The number of thioether (sulfide) groups is 1. The summed E-state index contributed by atoms with van der Waals surface area (Å²) in [5.41, 5.74) is 0.295. The number of hydrogen-bond acceptors (Lipinski definition) is 7. The predicted molar refractivity (Wildman–Crippen MR) is 80.7 cm³/mol. The topological polar surface area (TPSA) is 111 Å². The van der Waals surface area contributed by atoms with Crippen LogP contribution < -0.4 is 5.32 Å². The van der Waals surface area contributed by atoms with Gasteiger partial charge in [0.25, 0.3) is 10.9 Å². The van der Waals surface area contributed by atoms with E-state index in [1.807, 2.05) is 6.92 Å². The number of carbonyl (C=O) groups is 1. The van der Waals surface area contributed by atoms with E-state index in [1.165, 1.54) is 18.2 Å². The summed E-state index contributed by atoms with van der Waals surface area (Å²) in [5.74, 6) is 0.320. The molecule has 0 aliphatic heterocycles. The third kappa shape index (κ3) is 4.55. The molecule has 2 rings (SSSR count). The van der Waals surface area contributed by atoms with E-state index < -0.39 is 4.92 Å². The minimum atomic E-state index is -0.516. The first-order chi connectivity index (χ1) is 10.6. The van der Waals surface area contributed by atoms with Crippen LogP contribution in [0.2, 0.25) is 0 Å². The van der Waals surface area contributed by atoms with Gasteiger partial charge < -0.3 is 9.73 Å². The summed E-state index contributed by atoms with van der Waals surface area (Å²) in [6, 6.07) is 5.75. The minimum absolute atomic E-state index is 0.0773. The van der Waals surface area contributed by atoms with E-state index in [9.17, 15) is 14.9 Å². The Bertz CT molecular complexity index is 674. The number of rotatable bonds is 7. The molecular formula is C13H14N4O4S. The number of carbonyl (C=O) groups excluding carboxylic acids is 1. The molecule has 1 N–H and O–H groups in total. The number of anilines is 1. The standard InChI is InChI=1S/C13H14N4O4S/c1-2-4-12-15-16-13(21-12)22-8-11(18)14-9-5-3-6-10(7-9)17(19)20/h3,5-7H,2,4,8H2,1H3,(H,14,18). The summed E-state index contributed by atoms with van der Waals surface area (Å²) >= 11 is 1.12. The van der Waals surface area contributed by atoms with Crippen molar-refractivity contribution in [1.29, 1.82) is 0 Å². The maximum absolute atomic E-state index is 11.8. The summed E-state index contributed by atoms with van der Waals surface area (Å²) in [7, 11) is 0. The van der Waals surface area contributed by atoms with Gasteiger partial charge in [0.05, 0.1) is 10.7 Å². The van der Waals surface area contributed by atoms with Crippen LogP contribution in [-0.2, 0) is 11.2 Å². The normalized spacial score (nSPS) is 10.4. The Kier molecular flexibility index (Phi) is 5.48. The first-order valence-corrected chi connectivity index (χ1v) is 7.56. The van der Waals surface area contributed by atoms with Gasteiger partial charge in [-0.3, -0.25) is 14.9 Å². The average molecular weight is 322 g/mol. The second-order valence-corrected chi connectivity index (χ2v) is 5.28. The van der Waals surface area contributed by atoms with Gasteiger partial charge >= 0.3 is 0 Å². The Morgan fingerprint density at radius 3 is 3.00 bits per heavy atom. The molecule has 0 spiro atoms. The number of nitrogens with one attached hydrogen (secondary N) is 1. The van der Waals surface area contributed by atoms with Crippen molar-refractivity contribution in [3.8, 4) is 0 Å². The lowest BCUT2D eigenvalue weighted by Gasteiger charge is -2.03. The highest BCUT2D eigenvalue weighted by Crippen LogP contribution is 2.19. The van der Waals surface area contributed by atoms with Gasteiger partial charge in [-0.25, -0.2) is 0 Å². The van der Waals surface area contributed by atoms with Crippen molar-refractivity contribution in [3.63, 3.8) is 0 Å². The number of amides is 1. The number of aromatic nitrogens is 2. The second kappa shape index (κ2) is 7.55. The van der Waals surface area contributed by atoms with Crippen LogP contribution in [-0.4, -0.2) is 26.8 Å². The first kappa shape index (κ1) is 16.0. The van der Waals surface area contributed by atoms with Gasteiger partial charge in [-0.1, -0.05) is 24.8 Å². The van der Waals surface area contributed by atoms with E-state index in [0.717, 1.165) is 18.2 Å². The molecule has 116 valence electrons. The van der Waals surface area contributed by atoms with Crippen molar-refractivity contribution >= 4 is 29.0 Å². The summed E-state index contributed by atoms with van der Waals surface area (Å²) in [4.78, 5) is 22.0. The number of nitrogens with zero attached hydrogens (tertiary/aromatic N) is 3. The number of benzene rings is 1. The molecule has 8 nitrogen and oxygen atoms in total. The zero-order valence-electron chi connectivity index (χ0n) is 11.8. The van der Waals surface area contributed by atoms with E-state index in [2.05, 4.69) is 15.5 Å². The molecule has 0 fully saturated rings. The highest BCUT2D eigenvalue weighted by atomic mass is 32.2. The average Bonchev–Trinajstić information content (AvgIpc) is 2.93. The number of aryl methyl sites for hydroxylation is 1. The van der Waals surface area contributed by atoms with E-state index in [1.54, 1.807) is 6.07 Å². The smallest absolute Gasteiger partial charge is 0.277 e. The van der Waals surface area contributed by atoms with Crippen LogP contribution in [0.5, 0.6) is 0 Å². The van der Waals surface area contributed by atoms with Crippen molar-refractivity contribution in [2.75, 3.05) is 11.1 Å². The van der Waals surface area contributed by atoms with Gasteiger partial charge in [0, 0.05) is 24.2 Å². The SMILES string of the molecule is CCCc1nnc(SCC(=O)Nc2cccc([N+](=O)[O-])c2)o1. The molecule has 0 aliphatic carbocycles. The molecule has 9 heteroatoms. The summed E-state index contributed by atoms with van der Waals surface area (Å²) in [6.45, 7) is 2.00. The summed E-state index contributed by atoms with van der Waals surface area (Å²) in [5, 5.41) is 21.3. The Labute approximate surface area is 130 Å². The fraction of sp³-hybridized carbons (Fsp3) is 0.308. The lowest BCUT2D eigenvalue weighted by molar-refractivity contribution is -0.384. The van der Waals surface area contributed by atoms with Crippen molar-refractivity contribution in [2.45, 2.75) is 25.0 Å². The fourth-order valence-electron chi connectivity index (χ4n) is 1.63. The molecular weight excluding hydrogens is 308 g/mol. The van der Waals surface area contributed by atoms with Crippen LogP contribution in [0.15, 0.2) is 33.9 Å². The van der Waals surface area contributed by atoms with Gasteiger partial charge in [0.2, 0.25) is 11.8 Å². The Morgan fingerprint density at radius 2 is 2.27 bits per heavy atom.